The van der Waals surface area contributed by atoms with Crippen molar-refractivity contribution in [2.24, 2.45) is 5.10 Å². The third kappa shape index (κ3) is 4.07. The second kappa shape index (κ2) is 7.51. The zero-order valence-electron chi connectivity index (χ0n) is 13.3. The Morgan fingerprint density at radius 1 is 1.20 bits per heavy atom. The Bertz CT molecular complexity index is 933. The SMILES string of the molecule is Cc1ccc(-c2[nH]ncc2C=NNC(=O)c2cc(Cl)ccc2Cl)cc1. The molecule has 1 heterocycles. The first-order valence-corrected chi connectivity index (χ1v) is 8.19. The van der Waals surface area contributed by atoms with Crippen LogP contribution in [0.5, 0.6) is 0 Å². The van der Waals surface area contributed by atoms with Crippen LogP contribution in [0, 0.1) is 6.92 Å². The highest BCUT2D eigenvalue weighted by molar-refractivity contribution is 6.35. The van der Waals surface area contributed by atoms with E-state index in [0.29, 0.717) is 10.0 Å². The molecule has 7 heteroatoms. The molecule has 0 spiro atoms. The van der Waals surface area contributed by atoms with E-state index in [-0.39, 0.29) is 5.56 Å². The molecular formula is C18H14Cl2N4O. The maximum atomic E-state index is 12.1. The molecule has 2 N–H and O–H groups in total. The van der Waals surface area contributed by atoms with E-state index in [4.69, 9.17) is 23.2 Å². The lowest BCUT2D eigenvalue weighted by Crippen LogP contribution is -2.18. The summed E-state index contributed by atoms with van der Waals surface area (Å²) in [5, 5.41) is 11.7. The van der Waals surface area contributed by atoms with Gasteiger partial charge in [-0.15, -0.1) is 0 Å². The van der Waals surface area contributed by atoms with E-state index < -0.39 is 5.91 Å². The minimum Gasteiger partial charge on any atom is -0.277 e. The molecule has 1 aromatic heterocycles. The fourth-order valence-electron chi connectivity index (χ4n) is 2.24. The number of halogens is 2. The molecule has 0 aliphatic rings. The lowest BCUT2D eigenvalue weighted by molar-refractivity contribution is 0.0955. The Kier molecular flexibility index (Phi) is 5.16. The third-order valence-electron chi connectivity index (χ3n) is 3.55. The van der Waals surface area contributed by atoms with E-state index in [2.05, 4.69) is 20.7 Å². The van der Waals surface area contributed by atoms with E-state index in [1.165, 1.54) is 17.8 Å². The van der Waals surface area contributed by atoms with Crippen molar-refractivity contribution in [1.29, 1.82) is 0 Å². The summed E-state index contributed by atoms with van der Waals surface area (Å²) in [5.74, 6) is -0.441. The summed E-state index contributed by atoms with van der Waals surface area (Å²) in [5.41, 5.74) is 6.42. The molecule has 0 atom stereocenters. The summed E-state index contributed by atoms with van der Waals surface area (Å²) in [6.07, 6.45) is 3.16. The van der Waals surface area contributed by atoms with Crippen LogP contribution in [0.25, 0.3) is 11.3 Å². The van der Waals surface area contributed by atoms with E-state index in [9.17, 15) is 4.79 Å². The van der Waals surface area contributed by atoms with Crippen LogP contribution < -0.4 is 5.43 Å². The molecule has 3 rings (SSSR count). The summed E-state index contributed by atoms with van der Waals surface area (Å²) in [6, 6.07) is 12.7. The van der Waals surface area contributed by atoms with E-state index in [1.807, 2.05) is 31.2 Å². The first-order chi connectivity index (χ1) is 12.0. The number of nitrogens with one attached hydrogen (secondary N) is 2. The second-order valence-electron chi connectivity index (χ2n) is 5.39. The van der Waals surface area contributed by atoms with Crippen molar-refractivity contribution in [2.45, 2.75) is 6.92 Å². The van der Waals surface area contributed by atoms with Crippen molar-refractivity contribution < 1.29 is 4.79 Å². The van der Waals surface area contributed by atoms with Crippen molar-refractivity contribution in [2.75, 3.05) is 0 Å². The zero-order chi connectivity index (χ0) is 17.8. The first kappa shape index (κ1) is 17.2. The number of aryl methyl sites for hydroxylation is 1. The van der Waals surface area contributed by atoms with Crippen LogP contribution >= 0.6 is 23.2 Å². The van der Waals surface area contributed by atoms with Crippen LogP contribution in [-0.4, -0.2) is 22.3 Å². The number of benzene rings is 2. The van der Waals surface area contributed by atoms with E-state index in [1.54, 1.807) is 18.3 Å². The number of rotatable bonds is 4. The fraction of sp³-hybridized carbons (Fsp3) is 0.0556. The normalized spacial score (nSPS) is 11.0. The smallest absolute Gasteiger partial charge is 0.272 e. The number of H-pyrrole nitrogens is 1. The molecule has 2 aromatic carbocycles. The highest BCUT2D eigenvalue weighted by Crippen LogP contribution is 2.21. The van der Waals surface area contributed by atoms with Gasteiger partial charge in [0, 0.05) is 16.1 Å². The van der Waals surface area contributed by atoms with Gasteiger partial charge in [0.25, 0.3) is 5.91 Å². The van der Waals surface area contributed by atoms with Crippen molar-refractivity contribution >= 4 is 35.3 Å². The number of carbonyl (C=O) groups is 1. The van der Waals surface area contributed by atoms with Crippen molar-refractivity contribution in [3.63, 3.8) is 0 Å². The summed E-state index contributed by atoms with van der Waals surface area (Å²) in [7, 11) is 0. The Morgan fingerprint density at radius 2 is 1.96 bits per heavy atom. The molecule has 25 heavy (non-hydrogen) atoms. The van der Waals surface area contributed by atoms with Gasteiger partial charge < -0.3 is 0 Å². The van der Waals surface area contributed by atoms with Crippen LogP contribution in [0.15, 0.2) is 53.8 Å². The summed E-state index contributed by atoms with van der Waals surface area (Å²) in [4.78, 5) is 12.1. The molecule has 3 aromatic rings. The topological polar surface area (TPSA) is 70.1 Å². The highest BCUT2D eigenvalue weighted by atomic mass is 35.5. The van der Waals surface area contributed by atoms with Gasteiger partial charge in [0.2, 0.25) is 0 Å². The fourth-order valence-corrected chi connectivity index (χ4v) is 2.61. The number of hydrazone groups is 1. The molecule has 0 aliphatic heterocycles. The molecule has 126 valence electrons. The zero-order valence-corrected chi connectivity index (χ0v) is 14.8. The molecule has 0 bridgehead atoms. The van der Waals surface area contributed by atoms with Crippen LogP contribution in [0.4, 0.5) is 0 Å². The Labute approximate surface area is 154 Å². The van der Waals surface area contributed by atoms with Gasteiger partial charge in [-0.2, -0.15) is 10.2 Å². The van der Waals surface area contributed by atoms with E-state index >= 15 is 0 Å². The van der Waals surface area contributed by atoms with Crippen molar-refractivity contribution in [3.8, 4) is 11.3 Å². The maximum Gasteiger partial charge on any atom is 0.272 e. The Balaban J connectivity index is 1.75. The maximum absolute atomic E-state index is 12.1. The average Bonchev–Trinajstić information content (AvgIpc) is 3.06. The first-order valence-electron chi connectivity index (χ1n) is 7.43. The number of aromatic nitrogens is 2. The summed E-state index contributed by atoms with van der Waals surface area (Å²) in [6.45, 7) is 2.02. The van der Waals surface area contributed by atoms with Crippen molar-refractivity contribution in [3.05, 3.63) is 75.4 Å². The van der Waals surface area contributed by atoms with Gasteiger partial charge in [-0.05, 0) is 25.1 Å². The van der Waals surface area contributed by atoms with Crippen LogP contribution in [0.1, 0.15) is 21.5 Å². The molecule has 0 fully saturated rings. The minimum atomic E-state index is -0.441. The number of aromatic amines is 1. The van der Waals surface area contributed by atoms with E-state index in [0.717, 1.165) is 16.8 Å². The van der Waals surface area contributed by atoms with Gasteiger partial charge in [0.05, 0.1) is 28.7 Å². The third-order valence-corrected chi connectivity index (χ3v) is 4.12. The van der Waals surface area contributed by atoms with Crippen LogP contribution in [0.2, 0.25) is 10.0 Å². The minimum absolute atomic E-state index is 0.261. The lowest BCUT2D eigenvalue weighted by atomic mass is 10.1. The molecule has 0 saturated heterocycles. The number of hydrogen-bond acceptors (Lipinski definition) is 3. The van der Waals surface area contributed by atoms with Gasteiger partial charge in [0.1, 0.15) is 0 Å². The number of hydrogen-bond donors (Lipinski definition) is 2. The quantitative estimate of drug-likeness (QED) is 0.524. The molecule has 1 amide bonds. The monoisotopic (exact) mass is 372 g/mol. The molecule has 0 saturated carbocycles. The summed E-state index contributed by atoms with van der Waals surface area (Å²) < 4.78 is 0. The molecular weight excluding hydrogens is 359 g/mol. The summed E-state index contributed by atoms with van der Waals surface area (Å²) >= 11 is 11.9. The van der Waals surface area contributed by atoms with Gasteiger partial charge in [-0.3, -0.25) is 9.89 Å². The Morgan fingerprint density at radius 3 is 2.72 bits per heavy atom. The number of carbonyl (C=O) groups excluding carboxylic acids is 1. The standard InChI is InChI=1S/C18H14Cl2N4O/c1-11-2-4-12(5-3-11)17-13(9-21-23-17)10-22-24-18(25)15-8-14(19)6-7-16(15)20/h2-10H,1H3,(H,21,23)(H,24,25). The van der Waals surface area contributed by atoms with Gasteiger partial charge in [-0.1, -0.05) is 53.0 Å². The van der Waals surface area contributed by atoms with Crippen molar-refractivity contribution in [1.82, 2.24) is 15.6 Å². The average molecular weight is 373 g/mol. The lowest BCUT2D eigenvalue weighted by Gasteiger charge is -2.03. The van der Waals surface area contributed by atoms with Crippen LogP contribution in [-0.2, 0) is 0 Å². The molecule has 0 aliphatic carbocycles. The van der Waals surface area contributed by atoms with Gasteiger partial charge in [0.15, 0.2) is 0 Å². The van der Waals surface area contributed by atoms with Gasteiger partial charge >= 0.3 is 0 Å². The van der Waals surface area contributed by atoms with Crippen LogP contribution in [0.3, 0.4) is 0 Å². The predicted molar refractivity (Wildman–Crippen MR) is 100 cm³/mol. The Hall–Kier alpha value is -2.63. The van der Waals surface area contributed by atoms with Gasteiger partial charge in [-0.25, -0.2) is 5.43 Å². The molecule has 0 radical (unpaired) electrons. The molecule has 0 unspecified atom stereocenters. The highest BCUT2D eigenvalue weighted by Gasteiger charge is 2.10. The molecule has 5 nitrogen and oxygen atoms in total. The number of nitrogens with zero attached hydrogens (tertiary/aromatic N) is 2. The largest absolute Gasteiger partial charge is 0.277 e. The second-order valence-corrected chi connectivity index (χ2v) is 6.23. The predicted octanol–water partition coefficient (Wildman–Crippen LogP) is 4.46. The number of amides is 1.